The fourth-order valence-corrected chi connectivity index (χ4v) is 3.05. The molecule has 1 atom stereocenters. The Morgan fingerprint density at radius 3 is 2.67 bits per heavy atom. The van der Waals surface area contributed by atoms with E-state index >= 15 is 0 Å². The predicted octanol–water partition coefficient (Wildman–Crippen LogP) is 3.93. The lowest BCUT2D eigenvalue weighted by molar-refractivity contribution is 0.551. The highest BCUT2D eigenvalue weighted by Crippen LogP contribution is 2.34. The Hall–Kier alpha value is -1.76. The van der Waals surface area contributed by atoms with Crippen LogP contribution in [0.3, 0.4) is 0 Å². The molecule has 0 heterocycles. The third kappa shape index (κ3) is 2.13. The molecule has 1 aliphatic rings. The zero-order valence-electron chi connectivity index (χ0n) is 10.6. The zero-order valence-corrected chi connectivity index (χ0v) is 10.6. The summed E-state index contributed by atoms with van der Waals surface area (Å²) < 4.78 is 0. The lowest BCUT2D eigenvalue weighted by Crippen LogP contribution is -2.12. The molecule has 2 N–H and O–H groups in total. The normalized spacial score (nSPS) is 18.3. The summed E-state index contributed by atoms with van der Waals surface area (Å²) in [6, 6.07) is 17.1. The minimum Gasteiger partial charge on any atom is -0.399 e. The summed E-state index contributed by atoms with van der Waals surface area (Å²) in [7, 11) is 0. The Bertz CT molecular complexity index is 545. The highest BCUT2D eigenvalue weighted by Gasteiger charge is 2.20. The van der Waals surface area contributed by atoms with E-state index in [0.29, 0.717) is 5.92 Å². The molecule has 1 aliphatic carbocycles. The van der Waals surface area contributed by atoms with Gasteiger partial charge in [-0.3, -0.25) is 0 Å². The predicted molar refractivity (Wildman–Crippen MR) is 76.7 cm³/mol. The van der Waals surface area contributed by atoms with Crippen LogP contribution < -0.4 is 5.73 Å². The molecule has 0 bridgehead atoms. The molecule has 1 heteroatoms. The minimum absolute atomic E-state index is 0.639. The van der Waals surface area contributed by atoms with E-state index in [2.05, 4.69) is 36.4 Å². The summed E-state index contributed by atoms with van der Waals surface area (Å²) >= 11 is 0. The molecule has 1 nitrogen and oxygen atoms in total. The summed E-state index contributed by atoms with van der Waals surface area (Å²) in [5.74, 6) is 0.639. The lowest BCUT2D eigenvalue weighted by atomic mass is 9.79. The van der Waals surface area contributed by atoms with Gasteiger partial charge in [0.1, 0.15) is 0 Å². The van der Waals surface area contributed by atoms with Crippen molar-refractivity contribution < 1.29 is 0 Å². The summed E-state index contributed by atoms with van der Waals surface area (Å²) in [6.45, 7) is 0. The molecule has 0 radical (unpaired) electrons. The Balaban J connectivity index is 1.89. The first kappa shape index (κ1) is 11.3. The Labute approximate surface area is 109 Å². The molecule has 92 valence electrons. The second-order valence-electron chi connectivity index (χ2n) is 5.19. The smallest absolute Gasteiger partial charge is 0.0346 e. The first-order valence-corrected chi connectivity index (χ1v) is 6.76. The molecule has 0 saturated carbocycles. The van der Waals surface area contributed by atoms with Crippen LogP contribution in [0.4, 0.5) is 5.69 Å². The van der Waals surface area contributed by atoms with Crippen molar-refractivity contribution in [2.45, 2.75) is 31.6 Å². The van der Waals surface area contributed by atoms with Gasteiger partial charge in [-0.1, -0.05) is 42.5 Å². The van der Waals surface area contributed by atoms with Crippen molar-refractivity contribution in [2.75, 3.05) is 5.73 Å². The molecule has 0 aromatic heterocycles. The molecule has 2 aromatic carbocycles. The van der Waals surface area contributed by atoms with Crippen LogP contribution in [0.2, 0.25) is 0 Å². The molecule has 0 spiro atoms. The van der Waals surface area contributed by atoms with Gasteiger partial charge < -0.3 is 5.73 Å². The van der Waals surface area contributed by atoms with Crippen molar-refractivity contribution in [3.8, 4) is 0 Å². The number of benzene rings is 2. The van der Waals surface area contributed by atoms with E-state index in [9.17, 15) is 0 Å². The zero-order chi connectivity index (χ0) is 12.4. The van der Waals surface area contributed by atoms with Crippen LogP contribution in [0.1, 0.15) is 35.4 Å². The van der Waals surface area contributed by atoms with E-state index in [0.717, 1.165) is 12.1 Å². The summed E-state index contributed by atoms with van der Waals surface area (Å²) in [5, 5.41) is 0. The number of anilines is 1. The summed E-state index contributed by atoms with van der Waals surface area (Å²) in [6.07, 6.45) is 4.89. The van der Waals surface area contributed by atoms with Crippen molar-refractivity contribution in [1.29, 1.82) is 0 Å². The molecule has 18 heavy (non-hydrogen) atoms. The Morgan fingerprint density at radius 1 is 1.00 bits per heavy atom. The van der Waals surface area contributed by atoms with Crippen LogP contribution in [-0.4, -0.2) is 0 Å². The van der Waals surface area contributed by atoms with Crippen LogP contribution in [0.15, 0.2) is 48.5 Å². The van der Waals surface area contributed by atoms with Crippen molar-refractivity contribution >= 4 is 5.69 Å². The van der Waals surface area contributed by atoms with Crippen LogP contribution >= 0.6 is 0 Å². The number of nitrogens with two attached hydrogens (primary N) is 1. The van der Waals surface area contributed by atoms with Gasteiger partial charge in [0.05, 0.1) is 0 Å². The van der Waals surface area contributed by atoms with Crippen molar-refractivity contribution in [3.05, 3.63) is 65.2 Å². The van der Waals surface area contributed by atoms with Crippen molar-refractivity contribution in [3.63, 3.8) is 0 Å². The molecule has 0 fully saturated rings. The van der Waals surface area contributed by atoms with E-state index in [4.69, 9.17) is 5.73 Å². The number of rotatable bonds is 2. The number of hydrogen-bond donors (Lipinski definition) is 1. The second kappa shape index (κ2) is 4.85. The largest absolute Gasteiger partial charge is 0.399 e. The average molecular weight is 237 g/mol. The molecule has 2 aromatic rings. The summed E-state index contributed by atoms with van der Waals surface area (Å²) in [5.41, 5.74) is 11.3. The van der Waals surface area contributed by atoms with Crippen LogP contribution in [-0.2, 0) is 12.8 Å². The number of nitrogen functional groups attached to an aromatic ring is 1. The minimum atomic E-state index is 0.639. The van der Waals surface area contributed by atoms with E-state index < -0.39 is 0 Å². The third-order valence-electron chi connectivity index (χ3n) is 4.02. The van der Waals surface area contributed by atoms with E-state index in [1.165, 1.54) is 36.0 Å². The maximum Gasteiger partial charge on any atom is 0.0346 e. The quantitative estimate of drug-likeness (QED) is 0.787. The number of para-hydroxylation sites is 1. The van der Waals surface area contributed by atoms with Crippen LogP contribution in [0, 0.1) is 0 Å². The molecule has 0 aliphatic heterocycles. The number of aryl methyl sites for hydroxylation is 1. The fourth-order valence-electron chi connectivity index (χ4n) is 3.05. The number of hydrogen-bond acceptors (Lipinski definition) is 1. The molecular formula is C17H19N. The molecular weight excluding hydrogens is 218 g/mol. The molecule has 0 saturated heterocycles. The topological polar surface area (TPSA) is 26.0 Å². The monoisotopic (exact) mass is 237 g/mol. The first-order valence-electron chi connectivity index (χ1n) is 6.76. The van der Waals surface area contributed by atoms with E-state index in [1.807, 2.05) is 12.1 Å². The van der Waals surface area contributed by atoms with Crippen molar-refractivity contribution in [1.82, 2.24) is 0 Å². The Kier molecular flexibility index (Phi) is 3.06. The second-order valence-corrected chi connectivity index (χ2v) is 5.19. The van der Waals surface area contributed by atoms with Gasteiger partial charge in [0.2, 0.25) is 0 Å². The fraction of sp³-hybridized carbons (Fsp3) is 0.294. The molecule has 0 amide bonds. The van der Waals surface area contributed by atoms with Gasteiger partial charge in [-0.2, -0.15) is 0 Å². The van der Waals surface area contributed by atoms with Gasteiger partial charge in [-0.25, -0.2) is 0 Å². The van der Waals surface area contributed by atoms with Crippen LogP contribution in [0.25, 0.3) is 0 Å². The molecule has 1 unspecified atom stereocenters. The van der Waals surface area contributed by atoms with Gasteiger partial charge >= 0.3 is 0 Å². The maximum absolute atomic E-state index is 6.06. The van der Waals surface area contributed by atoms with Gasteiger partial charge in [0.15, 0.2) is 0 Å². The van der Waals surface area contributed by atoms with E-state index in [1.54, 1.807) is 0 Å². The third-order valence-corrected chi connectivity index (χ3v) is 4.02. The standard InChI is InChI=1S/C17H19N/c18-17-11-4-2-7-15(17)12-14-9-5-8-13-6-1-3-10-16(13)14/h1-4,6-7,10-11,14H,5,8-9,12,18H2. The van der Waals surface area contributed by atoms with Crippen LogP contribution in [0.5, 0.6) is 0 Å². The van der Waals surface area contributed by atoms with Gasteiger partial charge in [0, 0.05) is 5.69 Å². The first-order chi connectivity index (χ1) is 8.84. The van der Waals surface area contributed by atoms with Crippen molar-refractivity contribution in [2.24, 2.45) is 0 Å². The highest BCUT2D eigenvalue weighted by atomic mass is 14.6. The SMILES string of the molecule is Nc1ccccc1CC1CCCc2ccccc21. The maximum atomic E-state index is 6.06. The lowest BCUT2D eigenvalue weighted by Gasteiger charge is -2.26. The van der Waals surface area contributed by atoms with E-state index in [-0.39, 0.29) is 0 Å². The van der Waals surface area contributed by atoms with Gasteiger partial charge in [0.25, 0.3) is 0 Å². The number of fused-ring (bicyclic) bond motifs is 1. The van der Waals surface area contributed by atoms with Gasteiger partial charge in [-0.05, 0) is 54.4 Å². The Morgan fingerprint density at radius 2 is 1.78 bits per heavy atom. The summed E-state index contributed by atoms with van der Waals surface area (Å²) in [4.78, 5) is 0. The average Bonchev–Trinajstić information content (AvgIpc) is 2.42. The highest BCUT2D eigenvalue weighted by molar-refractivity contribution is 5.47. The van der Waals surface area contributed by atoms with Gasteiger partial charge in [-0.15, -0.1) is 0 Å². The molecule has 3 rings (SSSR count).